The Labute approximate surface area is 112 Å². The summed E-state index contributed by atoms with van der Waals surface area (Å²) in [6, 6.07) is 16.2. The Morgan fingerprint density at radius 2 is 1.63 bits per heavy atom. The van der Waals surface area contributed by atoms with Crippen molar-refractivity contribution in [3.63, 3.8) is 0 Å². The third-order valence-corrected chi connectivity index (χ3v) is 3.91. The summed E-state index contributed by atoms with van der Waals surface area (Å²) < 4.78 is 13.0. The molecule has 0 amide bonds. The van der Waals surface area contributed by atoms with Crippen LogP contribution in [0.3, 0.4) is 0 Å². The Morgan fingerprint density at radius 1 is 1.00 bits per heavy atom. The first-order chi connectivity index (χ1) is 9.18. The zero-order chi connectivity index (χ0) is 13.3. The highest BCUT2D eigenvalue weighted by atomic mass is 19.1. The Hall–Kier alpha value is -1.67. The third kappa shape index (κ3) is 2.54. The van der Waals surface area contributed by atoms with Crippen molar-refractivity contribution in [3.8, 4) is 0 Å². The van der Waals surface area contributed by atoms with Gasteiger partial charge in [0.2, 0.25) is 0 Å². The molecule has 0 bridgehead atoms. The van der Waals surface area contributed by atoms with Crippen molar-refractivity contribution in [2.24, 2.45) is 5.92 Å². The average Bonchev–Trinajstić information content (AvgIpc) is 3.27. The van der Waals surface area contributed by atoms with E-state index in [-0.39, 0.29) is 5.82 Å². The Bertz CT molecular complexity index is 545. The molecule has 1 fully saturated rings. The maximum Gasteiger partial charge on any atom is 0.123 e. The summed E-state index contributed by atoms with van der Waals surface area (Å²) in [5, 5.41) is 11.1. The van der Waals surface area contributed by atoms with Gasteiger partial charge in [-0.2, -0.15) is 0 Å². The smallest absolute Gasteiger partial charge is 0.123 e. The lowest BCUT2D eigenvalue weighted by Gasteiger charge is -2.29. The largest absolute Gasteiger partial charge is 0.385 e. The van der Waals surface area contributed by atoms with Crippen molar-refractivity contribution in [1.29, 1.82) is 0 Å². The predicted molar refractivity (Wildman–Crippen MR) is 73.2 cm³/mol. The average molecular weight is 256 g/mol. The molecule has 1 aliphatic carbocycles. The van der Waals surface area contributed by atoms with Crippen LogP contribution >= 0.6 is 0 Å². The molecular weight excluding hydrogens is 239 g/mol. The van der Waals surface area contributed by atoms with Crippen molar-refractivity contribution >= 4 is 0 Å². The molecule has 2 aromatic carbocycles. The maximum absolute atomic E-state index is 13.0. The summed E-state index contributed by atoms with van der Waals surface area (Å²) in [6.45, 7) is 0. The van der Waals surface area contributed by atoms with Gasteiger partial charge in [0.05, 0.1) is 5.60 Å². The molecule has 1 N–H and O–H groups in total. The van der Waals surface area contributed by atoms with Gasteiger partial charge < -0.3 is 5.11 Å². The summed E-state index contributed by atoms with van der Waals surface area (Å²) in [7, 11) is 0. The Morgan fingerprint density at radius 3 is 2.21 bits per heavy atom. The number of benzene rings is 2. The molecule has 1 saturated carbocycles. The Balaban J connectivity index is 1.91. The molecule has 0 heterocycles. The van der Waals surface area contributed by atoms with Gasteiger partial charge in [-0.1, -0.05) is 42.5 Å². The van der Waals surface area contributed by atoms with Crippen LogP contribution in [-0.2, 0) is 12.0 Å². The van der Waals surface area contributed by atoms with Gasteiger partial charge in [-0.15, -0.1) is 0 Å². The fourth-order valence-electron chi connectivity index (χ4n) is 2.68. The quantitative estimate of drug-likeness (QED) is 0.885. The van der Waals surface area contributed by atoms with Crippen LogP contribution in [0.15, 0.2) is 54.6 Å². The molecular formula is C17H17FO. The van der Waals surface area contributed by atoms with E-state index in [4.69, 9.17) is 0 Å². The van der Waals surface area contributed by atoms with Gasteiger partial charge in [-0.3, -0.25) is 0 Å². The van der Waals surface area contributed by atoms with Crippen LogP contribution in [0.2, 0.25) is 0 Å². The monoisotopic (exact) mass is 256 g/mol. The number of hydrogen-bond donors (Lipinski definition) is 1. The standard InChI is InChI=1S/C17H17FO/c18-16-10-6-13(7-11-16)12-17(19,15-8-9-15)14-4-2-1-3-5-14/h1-7,10-11,15,19H,8-9,12H2. The second-order valence-electron chi connectivity index (χ2n) is 5.37. The zero-order valence-electron chi connectivity index (χ0n) is 10.7. The first-order valence-electron chi connectivity index (χ1n) is 6.71. The molecule has 2 heteroatoms. The number of aliphatic hydroxyl groups is 1. The molecule has 98 valence electrons. The normalized spacial score (nSPS) is 18.0. The van der Waals surface area contributed by atoms with Crippen LogP contribution in [0, 0.1) is 11.7 Å². The molecule has 1 aliphatic rings. The van der Waals surface area contributed by atoms with Crippen molar-refractivity contribution in [1.82, 2.24) is 0 Å². The molecule has 0 radical (unpaired) electrons. The fraction of sp³-hybridized carbons (Fsp3) is 0.294. The molecule has 0 aromatic heterocycles. The van der Waals surface area contributed by atoms with Crippen molar-refractivity contribution in [3.05, 3.63) is 71.5 Å². The fourth-order valence-corrected chi connectivity index (χ4v) is 2.68. The minimum absolute atomic E-state index is 0.238. The summed E-state index contributed by atoms with van der Waals surface area (Å²) in [4.78, 5) is 0. The number of rotatable bonds is 4. The molecule has 2 aromatic rings. The molecule has 0 spiro atoms. The van der Waals surface area contributed by atoms with Crippen molar-refractivity contribution in [2.45, 2.75) is 24.9 Å². The first kappa shape index (κ1) is 12.4. The highest BCUT2D eigenvalue weighted by molar-refractivity contribution is 5.29. The van der Waals surface area contributed by atoms with Crippen LogP contribution in [0.25, 0.3) is 0 Å². The number of halogens is 1. The lowest BCUT2D eigenvalue weighted by Crippen LogP contribution is -2.31. The van der Waals surface area contributed by atoms with E-state index in [1.807, 2.05) is 30.3 Å². The SMILES string of the molecule is OC(Cc1ccc(F)cc1)(c1ccccc1)C1CC1. The summed E-state index contributed by atoms with van der Waals surface area (Å²) in [5.74, 6) is 0.0818. The van der Waals surface area contributed by atoms with Crippen LogP contribution in [0.4, 0.5) is 4.39 Å². The zero-order valence-corrected chi connectivity index (χ0v) is 10.7. The highest BCUT2D eigenvalue weighted by Crippen LogP contribution is 2.47. The molecule has 3 rings (SSSR count). The van der Waals surface area contributed by atoms with Gasteiger partial charge in [-0.25, -0.2) is 4.39 Å². The van der Waals surface area contributed by atoms with E-state index in [0.29, 0.717) is 12.3 Å². The molecule has 1 nitrogen and oxygen atoms in total. The predicted octanol–water partition coefficient (Wildman–Crippen LogP) is 3.67. The lowest BCUT2D eigenvalue weighted by molar-refractivity contribution is 0.0131. The van der Waals surface area contributed by atoms with Crippen LogP contribution in [0.1, 0.15) is 24.0 Å². The lowest BCUT2D eigenvalue weighted by atomic mass is 9.83. The van der Waals surface area contributed by atoms with E-state index in [1.165, 1.54) is 12.1 Å². The number of hydrogen-bond acceptors (Lipinski definition) is 1. The second-order valence-corrected chi connectivity index (χ2v) is 5.37. The van der Waals surface area contributed by atoms with Crippen molar-refractivity contribution in [2.75, 3.05) is 0 Å². The summed E-state index contributed by atoms with van der Waals surface area (Å²) in [6.07, 6.45) is 2.67. The first-order valence-corrected chi connectivity index (χ1v) is 6.71. The van der Waals surface area contributed by atoms with E-state index in [9.17, 15) is 9.50 Å². The van der Waals surface area contributed by atoms with Gasteiger partial charge in [0.15, 0.2) is 0 Å². The van der Waals surface area contributed by atoms with Gasteiger partial charge in [-0.05, 0) is 42.0 Å². The minimum Gasteiger partial charge on any atom is -0.385 e. The van der Waals surface area contributed by atoms with Crippen LogP contribution in [0.5, 0.6) is 0 Å². The Kier molecular flexibility index (Phi) is 3.11. The third-order valence-electron chi connectivity index (χ3n) is 3.91. The van der Waals surface area contributed by atoms with Gasteiger partial charge in [0, 0.05) is 6.42 Å². The topological polar surface area (TPSA) is 20.2 Å². The van der Waals surface area contributed by atoms with Crippen LogP contribution < -0.4 is 0 Å². The molecule has 1 atom stereocenters. The van der Waals surface area contributed by atoms with E-state index < -0.39 is 5.60 Å². The van der Waals surface area contributed by atoms with Crippen LogP contribution in [-0.4, -0.2) is 5.11 Å². The van der Waals surface area contributed by atoms with Gasteiger partial charge >= 0.3 is 0 Å². The van der Waals surface area contributed by atoms with Gasteiger partial charge in [0.1, 0.15) is 5.82 Å². The van der Waals surface area contributed by atoms with E-state index in [2.05, 4.69) is 0 Å². The van der Waals surface area contributed by atoms with E-state index >= 15 is 0 Å². The maximum atomic E-state index is 13.0. The second kappa shape index (κ2) is 4.78. The van der Waals surface area contributed by atoms with E-state index in [1.54, 1.807) is 12.1 Å². The molecule has 1 unspecified atom stereocenters. The highest BCUT2D eigenvalue weighted by Gasteiger charge is 2.44. The summed E-state index contributed by atoms with van der Waals surface area (Å²) >= 11 is 0. The van der Waals surface area contributed by atoms with Crippen molar-refractivity contribution < 1.29 is 9.50 Å². The minimum atomic E-state index is -0.820. The summed E-state index contributed by atoms with van der Waals surface area (Å²) in [5.41, 5.74) is 1.11. The van der Waals surface area contributed by atoms with E-state index in [0.717, 1.165) is 24.0 Å². The molecule has 0 aliphatic heterocycles. The molecule has 19 heavy (non-hydrogen) atoms. The molecule has 0 saturated heterocycles. The van der Waals surface area contributed by atoms with Gasteiger partial charge in [0.25, 0.3) is 0 Å².